The summed E-state index contributed by atoms with van der Waals surface area (Å²) in [5.74, 6) is 0. The fourth-order valence-corrected chi connectivity index (χ4v) is 1.31. The molecule has 1 heterocycles. The van der Waals surface area contributed by atoms with E-state index in [4.69, 9.17) is 0 Å². The van der Waals surface area contributed by atoms with Crippen LogP contribution in [0.5, 0.6) is 0 Å². The molecule has 2 amide bonds. The van der Waals surface area contributed by atoms with Gasteiger partial charge in [0.1, 0.15) is 0 Å². The molecule has 6 heteroatoms. The Balaban J connectivity index is 0. The topological polar surface area (TPSA) is 44.4 Å². The van der Waals surface area contributed by atoms with Crippen molar-refractivity contribution >= 4 is 30.8 Å². The van der Waals surface area contributed by atoms with Crippen LogP contribution in [0, 0.1) is 0 Å². The maximum Gasteiger partial charge on any atom is 0.317 e. The number of carbonyl (C=O) groups excluding carboxylic acids is 1. The average molecular weight is 244 g/mol. The molecule has 14 heavy (non-hydrogen) atoms. The van der Waals surface area contributed by atoms with Crippen LogP contribution in [-0.2, 0) is 0 Å². The SMILES string of the molecule is CCNC(=O)N1CCCNCC1.Cl.Cl. The maximum atomic E-state index is 11.3. The molecular weight excluding hydrogens is 225 g/mol. The van der Waals surface area contributed by atoms with E-state index in [1.807, 2.05) is 11.8 Å². The quantitative estimate of drug-likeness (QED) is 0.718. The maximum absolute atomic E-state index is 11.3. The van der Waals surface area contributed by atoms with Gasteiger partial charge < -0.3 is 15.5 Å². The molecule has 86 valence electrons. The summed E-state index contributed by atoms with van der Waals surface area (Å²) in [4.78, 5) is 13.2. The second kappa shape index (κ2) is 9.37. The molecule has 2 N–H and O–H groups in total. The van der Waals surface area contributed by atoms with Crippen molar-refractivity contribution in [3.63, 3.8) is 0 Å². The van der Waals surface area contributed by atoms with Crippen molar-refractivity contribution in [2.45, 2.75) is 13.3 Å². The molecule has 1 aliphatic heterocycles. The van der Waals surface area contributed by atoms with Gasteiger partial charge in [0.05, 0.1) is 0 Å². The average Bonchev–Trinajstić information content (AvgIpc) is 2.32. The van der Waals surface area contributed by atoms with Crippen molar-refractivity contribution < 1.29 is 4.79 Å². The molecule has 1 saturated heterocycles. The minimum absolute atomic E-state index is 0. The fourth-order valence-electron chi connectivity index (χ4n) is 1.31. The van der Waals surface area contributed by atoms with Gasteiger partial charge in [-0.2, -0.15) is 0 Å². The molecule has 0 spiro atoms. The Kier molecular flexibility index (Phi) is 10.9. The third-order valence-corrected chi connectivity index (χ3v) is 1.96. The monoisotopic (exact) mass is 243 g/mol. The Hall–Kier alpha value is -0.190. The van der Waals surface area contributed by atoms with Crippen LogP contribution in [-0.4, -0.2) is 43.7 Å². The van der Waals surface area contributed by atoms with E-state index in [1.165, 1.54) is 0 Å². The highest BCUT2D eigenvalue weighted by Gasteiger charge is 2.13. The molecule has 0 aromatic carbocycles. The lowest BCUT2D eigenvalue weighted by atomic mass is 10.4. The van der Waals surface area contributed by atoms with Gasteiger partial charge in [-0.1, -0.05) is 0 Å². The lowest BCUT2D eigenvalue weighted by Gasteiger charge is -2.19. The van der Waals surface area contributed by atoms with Gasteiger partial charge in [-0.15, -0.1) is 24.8 Å². The van der Waals surface area contributed by atoms with Crippen LogP contribution in [0.1, 0.15) is 13.3 Å². The predicted molar refractivity (Wildman–Crippen MR) is 62.6 cm³/mol. The summed E-state index contributed by atoms with van der Waals surface area (Å²) >= 11 is 0. The number of amides is 2. The number of hydrogen-bond acceptors (Lipinski definition) is 2. The molecule has 0 unspecified atom stereocenters. The number of halogens is 2. The van der Waals surface area contributed by atoms with Gasteiger partial charge in [0, 0.05) is 26.2 Å². The lowest BCUT2D eigenvalue weighted by molar-refractivity contribution is 0.202. The van der Waals surface area contributed by atoms with Crippen molar-refractivity contribution in [2.75, 3.05) is 32.7 Å². The zero-order valence-corrected chi connectivity index (χ0v) is 10.0. The molecule has 0 bridgehead atoms. The predicted octanol–water partition coefficient (Wildman–Crippen LogP) is 0.855. The fraction of sp³-hybridized carbons (Fsp3) is 0.875. The molecule has 4 nitrogen and oxygen atoms in total. The van der Waals surface area contributed by atoms with Gasteiger partial charge in [-0.3, -0.25) is 0 Å². The smallest absolute Gasteiger partial charge is 0.317 e. The first-order valence-corrected chi connectivity index (χ1v) is 4.58. The van der Waals surface area contributed by atoms with E-state index in [9.17, 15) is 4.79 Å². The van der Waals surface area contributed by atoms with Crippen LogP contribution in [0.15, 0.2) is 0 Å². The number of carbonyl (C=O) groups is 1. The highest BCUT2D eigenvalue weighted by atomic mass is 35.5. The molecule has 1 rings (SSSR count). The van der Waals surface area contributed by atoms with Gasteiger partial charge in [0.15, 0.2) is 0 Å². The van der Waals surface area contributed by atoms with E-state index >= 15 is 0 Å². The van der Waals surface area contributed by atoms with Crippen molar-refractivity contribution in [1.29, 1.82) is 0 Å². The third kappa shape index (κ3) is 5.52. The van der Waals surface area contributed by atoms with Crippen LogP contribution in [0.4, 0.5) is 4.79 Å². The molecule has 0 aromatic heterocycles. The van der Waals surface area contributed by atoms with Crippen LogP contribution in [0.25, 0.3) is 0 Å². The van der Waals surface area contributed by atoms with Crippen molar-refractivity contribution in [3.05, 3.63) is 0 Å². The van der Waals surface area contributed by atoms with Gasteiger partial charge in [0.2, 0.25) is 0 Å². The first-order chi connectivity index (χ1) is 5.84. The van der Waals surface area contributed by atoms with Gasteiger partial charge >= 0.3 is 6.03 Å². The summed E-state index contributed by atoms with van der Waals surface area (Å²) in [7, 11) is 0. The molecule has 0 aromatic rings. The minimum Gasteiger partial charge on any atom is -0.338 e. The Bertz CT molecular complexity index is 150. The number of urea groups is 1. The van der Waals surface area contributed by atoms with Crippen LogP contribution >= 0.6 is 24.8 Å². The van der Waals surface area contributed by atoms with Crippen molar-refractivity contribution in [2.24, 2.45) is 0 Å². The van der Waals surface area contributed by atoms with Gasteiger partial charge in [0.25, 0.3) is 0 Å². The summed E-state index contributed by atoms with van der Waals surface area (Å²) in [6, 6.07) is 0.0706. The summed E-state index contributed by atoms with van der Waals surface area (Å²) in [5.41, 5.74) is 0. The number of rotatable bonds is 1. The molecule has 0 saturated carbocycles. The van der Waals surface area contributed by atoms with Crippen LogP contribution in [0.3, 0.4) is 0 Å². The van der Waals surface area contributed by atoms with Gasteiger partial charge in [-0.25, -0.2) is 4.79 Å². The molecule has 1 fully saturated rings. The van der Waals surface area contributed by atoms with Gasteiger partial charge in [-0.05, 0) is 19.9 Å². The minimum atomic E-state index is 0. The van der Waals surface area contributed by atoms with E-state index in [1.54, 1.807) is 0 Å². The highest BCUT2D eigenvalue weighted by Crippen LogP contribution is 1.94. The lowest BCUT2D eigenvalue weighted by Crippen LogP contribution is -2.41. The molecule has 0 aliphatic carbocycles. The van der Waals surface area contributed by atoms with E-state index in [0.29, 0.717) is 6.54 Å². The second-order valence-corrected chi connectivity index (χ2v) is 2.93. The molecule has 1 aliphatic rings. The molecule has 0 radical (unpaired) electrons. The van der Waals surface area contributed by atoms with E-state index in [-0.39, 0.29) is 30.8 Å². The Morgan fingerprint density at radius 3 is 2.71 bits per heavy atom. The number of nitrogens with one attached hydrogen (secondary N) is 2. The third-order valence-electron chi connectivity index (χ3n) is 1.96. The van der Waals surface area contributed by atoms with Crippen molar-refractivity contribution in [1.82, 2.24) is 15.5 Å². The molecular formula is C8H19Cl2N3O. The largest absolute Gasteiger partial charge is 0.338 e. The zero-order chi connectivity index (χ0) is 8.81. The standard InChI is InChI=1S/C8H17N3O.2ClH/c1-2-10-8(12)11-6-3-4-9-5-7-11;;/h9H,2-7H2,1H3,(H,10,12);2*1H. The van der Waals surface area contributed by atoms with Crippen molar-refractivity contribution in [3.8, 4) is 0 Å². The van der Waals surface area contributed by atoms with E-state index < -0.39 is 0 Å². The summed E-state index contributed by atoms with van der Waals surface area (Å²) < 4.78 is 0. The summed E-state index contributed by atoms with van der Waals surface area (Å²) in [5, 5.41) is 6.05. The zero-order valence-electron chi connectivity index (χ0n) is 8.41. The summed E-state index contributed by atoms with van der Waals surface area (Å²) in [6.45, 7) is 6.29. The normalized spacial score (nSPS) is 15.9. The number of hydrogen-bond donors (Lipinski definition) is 2. The Morgan fingerprint density at radius 1 is 1.36 bits per heavy atom. The first kappa shape index (κ1) is 16.2. The summed E-state index contributed by atoms with van der Waals surface area (Å²) in [6.07, 6.45) is 1.05. The Labute approximate surface area is 97.6 Å². The van der Waals surface area contributed by atoms with Crippen LogP contribution in [0.2, 0.25) is 0 Å². The molecule has 0 atom stereocenters. The first-order valence-electron chi connectivity index (χ1n) is 4.58. The highest BCUT2D eigenvalue weighted by molar-refractivity contribution is 5.85. The Morgan fingerprint density at radius 2 is 2.07 bits per heavy atom. The number of nitrogens with zero attached hydrogens (tertiary/aromatic N) is 1. The van der Waals surface area contributed by atoms with E-state index in [0.717, 1.165) is 32.6 Å². The van der Waals surface area contributed by atoms with E-state index in [2.05, 4.69) is 10.6 Å². The second-order valence-electron chi connectivity index (χ2n) is 2.93. The van der Waals surface area contributed by atoms with Crippen LogP contribution < -0.4 is 10.6 Å².